The molecule has 0 bridgehead atoms. The molecule has 190 valence electrons. The number of ether oxygens (including phenoxy) is 2. The van der Waals surface area contributed by atoms with Gasteiger partial charge in [-0.1, -0.05) is 23.7 Å². The maximum atomic E-state index is 13.4. The van der Waals surface area contributed by atoms with Crippen molar-refractivity contribution in [2.24, 2.45) is 5.73 Å². The second kappa shape index (κ2) is 12.2. The second-order valence-corrected chi connectivity index (χ2v) is 8.36. The van der Waals surface area contributed by atoms with Gasteiger partial charge >= 0.3 is 5.97 Å². The average Bonchev–Trinajstić information content (AvgIpc) is 2.86. The van der Waals surface area contributed by atoms with Crippen molar-refractivity contribution in [3.63, 3.8) is 0 Å². The fraction of sp³-hybridized carbons (Fsp3) is 0.280. The van der Waals surface area contributed by atoms with E-state index in [4.69, 9.17) is 26.8 Å². The zero-order chi connectivity index (χ0) is 26.2. The molecule has 11 heteroatoms. The molecule has 36 heavy (non-hydrogen) atoms. The van der Waals surface area contributed by atoms with Crippen molar-refractivity contribution >= 4 is 23.5 Å². The maximum Gasteiger partial charge on any atom is 0.303 e. The van der Waals surface area contributed by atoms with Gasteiger partial charge in [0.2, 0.25) is 12.0 Å². The highest BCUT2D eigenvalue weighted by Crippen LogP contribution is 2.20. The monoisotopic (exact) mass is 513 g/mol. The van der Waals surface area contributed by atoms with E-state index < -0.39 is 23.5 Å². The predicted octanol–water partition coefficient (Wildman–Crippen LogP) is 2.34. The van der Waals surface area contributed by atoms with Crippen LogP contribution in [0.2, 0.25) is 5.02 Å². The third-order valence-electron chi connectivity index (χ3n) is 5.46. The van der Waals surface area contributed by atoms with E-state index in [0.717, 1.165) is 11.1 Å². The molecule has 0 aliphatic carbocycles. The number of methoxy groups -OCH3 is 1. The first-order chi connectivity index (χ1) is 17.2. The first kappa shape index (κ1) is 26.7. The number of amides is 1. The fourth-order valence-corrected chi connectivity index (χ4v) is 3.84. The smallest absolute Gasteiger partial charge is 0.303 e. The molecule has 3 rings (SSSR count). The molecule has 1 amide bonds. The van der Waals surface area contributed by atoms with E-state index in [1.807, 2.05) is 0 Å². The molecule has 10 nitrogen and oxygen atoms in total. The number of rotatable bonds is 10. The number of carbonyl (C=O) groups is 2. The van der Waals surface area contributed by atoms with Gasteiger partial charge in [0, 0.05) is 43.0 Å². The topological polar surface area (TPSA) is 138 Å². The number of carbonyl (C=O) groups excluding carboxylic acids is 2. The van der Waals surface area contributed by atoms with Crippen LogP contribution in [0.5, 0.6) is 5.88 Å². The van der Waals surface area contributed by atoms with Crippen LogP contribution in [0.1, 0.15) is 40.8 Å². The number of aryl methyl sites for hydroxylation is 1. The van der Waals surface area contributed by atoms with E-state index in [1.165, 1.54) is 24.9 Å². The van der Waals surface area contributed by atoms with Crippen LogP contribution in [-0.2, 0) is 34.0 Å². The minimum atomic E-state index is -1.46. The summed E-state index contributed by atoms with van der Waals surface area (Å²) in [6, 6.07) is 10.4. The largest absolute Gasteiger partial charge is 0.481 e. The molecule has 0 aliphatic heterocycles. The first-order valence-electron chi connectivity index (χ1n) is 11.1. The van der Waals surface area contributed by atoms with Gasteiger partial charge < -0.3 is 25.9 Å². The lowest BCUT2D eigenvalue weighted by molar-refractivity contribution is -0.154. The molecule has 4 N–H and O–H groups in total. The van der Waals surface area contributed by atoms with Gasteiger partial charge in [0.1, 0.15) is 0 Å². The van der Waals surface area contributed by atoms with E-state index in [1.54, 1.807) is 49.5 Å². The molecule has 3 aromatic rings. The number of pyridine rings is 2. The quantitative estimate of drug-likeness (QED) is 0.351. The summed E-state index contributed by atoms with van der Waals surface area (Å²) in [5.41, 5.74) is 11.0. The van der Waals surface area contributed by atoms with Crippen molar-refractivity contribution < 1.29 is 19.1 Å². The predicted molar refractivity (Wildman–Crippen MR) is 135 cm³/mol. The number of nitrogens with one attached hydrogen (secondary N) is 2. The Morgan fingerprint density at radius 1 is 1.17 bits per heavy atom. The van der Waals surface area contributed by atoms with E-state index in [9.17, 15) is 14.4 Å². The number of esters is 1. The van der Waals surface area contributed by atoms with E-state index in [-0.39, 0.29) is 25.2 Å². The van der Waals surface area contributed by atoms with Crippen molar-refractivity contribution in [3.8, 4) is 5.88 Å². The molecular formula is C25H28ClN5O5. The molecule has 0 radical (unpaired) electrons. The minimum absolute atomic E-state index is 0.0287. The molecule has 2 aromatic heterocycles. The van der Waals surface area contributed by atoms with Crippen LogP contribution < -0.4 is 26.8 Å². The van der Waals surface area contributed by atoms with Gasteiger partial charge in [-0.25, -0.2) is 9.66 Å². The number of aromatic nitrogens is 2. The zero-order valence-corrected chi connectivity index (χ0v) is 21.0. The average molecular weight is 514 g/mol. The van der Waals surface area contributed by atoms with E-state index in [0.29, 0.717) is 22.0 Å². The fourth-order valence-electron chi connectivity index (χ4n) is 3.64. The van der Waals surface area contributed by atoms with Gasteiger partial charge in [0.05, 0.1) is 19.2 Å². The van der Waals surface area contributed by atoms with E-state index in [2.05, 4.69) is 15.7 Å². The summed E-state index contributed by atoms with van der Waals surface area (Å²) in [5.74, 6) is -0.941. The second-order valence-electron chi connectivity index (χ2n) is 7.92. The molecule has 0 saturated carbocycles. The number of benzene rings is 1. The first-order valence-corrected chi connectivity index (χ1v) is 11.5. The number of nitrogens with two attached hydrogens (primary N) is 1. The SMILES string of the molecule is COc1ncccc1CNn1ccc(C)c(C(OC(C)=O)C(=O)NCc2cc(Cl)ccc2CN)c1=O. The van der Waals surface area contributed by atoms with Crippen molar-refractivity contribution in [1.29, 1.82) is 0 Å². The standard InChI is InChI=1S/C25H28ClN5O5/c1-15-8-10-31(30-14-18-5-4-9-28-24(18)35-3)25(34)21(15)22(36-16(2)32)23(33)29-13-19-11-20(26)7-6-17(19)12-27/h4-11,22,30H,12-14,27H2,1-3H3,(H,29,33). The third-order valence-corrected chi connectivity index (χ3v) is 5.69. The number of nitrogens with zero attached hydrogens (tertiary/aromatic N) is 2. The van der Waals surface area contributed by atoms with E-state index >= 15 is 0 Å². The number of halogens is 1. The van der Waals surface area contributed by atoms with Crippen LogP contribution in [0, 0.1) is 6.92 Å². The molecule has 2 heterocycles. The molecule has 0 aliphatic rings. The summed E-state index contributed by atoms with van der Waals surface area (Å²) in [6.07, 6.45) is 1.67. The number of hydrogen-bond acceptors (Lipinski definition) is 8. The highest BCUT2D eigenvalue weighted by atomic mass is 35.5. The summed E-state index contributed by atoms with van der Waals surface area (Å²) >= 11 is 6.08. The Bertz CT molecular complexity index is 1310. The van der Waals surface area contributed by atoms with Crippen LogP contribution in [0.15, 0.2) is 53.6 Å². The molecule has 1 atom stereocenters. The van der Waals surface area contributed by atoms with Crippen LogP contribution in [0.4, 0.5) is 0 Å². The Labute approximate surface area is 213 Å². The van der Waals surface area contributed by atoms with Crippen molar-refractivity contribution in [1.82, 2.24) is 15.0 Å². The number of hydrogen-bond donors (Lipinski definition) is 3. The Hall–Kier alpha value is -3.89. The molecule has 0 saturated heterocycles. The third kappa shape index (κ3) is 6.41. The highest BCUT2D eigenvalue weighted by Gasteiger charge is 2.29. The minimum Gasteiger partial charge on any atom is -0.481 e. The van der Waals surface area contributed by atoms with Gasteiger partial charge in [-0.2, -0.15) is 0 Å². The van der Waals surface area contributed by atoms with Crippen LogP contribution >= 0.6 is 11.6 Å². The summed E-state index contributed by atoms with van der Waals surface area (Å²) in [5, 5.41) is 3.22. The van der Waals surface area contributed by atoms with Crippen LogP contribution in [0.3, 0.4) is 0 Å². The van der Waals surface area contributed by atoms with Crippen molar-refractivity contribution in [3.05, 3.63) is 92.0 Å². The Balaban J connectivity index is 1.88. The normalized spacial score (nSPS) is 11.5. The van der Waals surface area contributed by atoms with Gasteiger partial charge in [-0.3, -0.25) is 14.4 Å². The summed E-state index contributed by atoms with van der Waals surface area (Å²) in [4.78, 5) is 42.5. The Morgan fingerprint density at radius 3 is 2.64 bits per heavy atom. The molecule has 0 spiro atoms. The molecule has 0 fully saturated rings. The lowest BCUT2D eigenvalue weighted by atomic mass is 10.0. The molecular weight excluding hydrogens is 486 g/mol. The lowest BCUT2D eigenvalue weighted by Crippen LogP contribution is -2.38. The summed E-state index contributed by atoms with van der Waals surface area (Å²) < 4.78 is 11.8. The highest BCUT2D eigenvalue weighted by molar-refractivity contribution is 6.30. The molecule has 1 aromatic carbocycles. The van der Waals surface area contributed by atoms with Crippen LogP contribution in [0.25, 0.3) is 0 Å². The molecule has 1 unspecified atom stereocenters. The van der Waals surface area contributed by atoms with Gasteiger partial charge in [-0.15, -0.1) is 0 Å². The van der Waals surface area contributed by atoms with Gasteiger partial charge in [0.15, 0.2) is 0 Å². The van der Waals surface area contributed by atoms with Crippen molar-refractivity contribution in [2.75, 3.05) is 12.5 Å². The zero-order valence-electron chi connectivity index (χ0n) is 20.2. The maximum absolute atomic E-state index is 13.4. The lowest BCUT2D eigenvalue weighted by Gasteiger charge is -2.20. The van der Waals surface area contributed by atoms with Crippen molar-refractivity contribution in [2.45, 2.75) is 39.6 Å². The van der Waals surface area contributed by atoms with Gasteiger partial charge in [-0.05, 0) is 47.9 Å². The van der Waals surface area contributed by atoms with Gasteiger partial charge in [0.25, 0.3) is 11.5 Å². The Kier molecular flexibility index (Phi) is 9.04. The summed E-state index contributed by atoms with van der Waals surface area (Å²) in [6.45, 7) is 3.40. The Morgan fingerprint density at radius 2 is 1.94 bits per heavy atom. The summed E-state index contributed by atoms with van der Waals surface area (Å²) in [7, 11) is 1.50. The van der Waals surface area contributed by atoms with Crippen LogP contribution in [-0.4, -0.2) is 28.6 Å².